The van der Waals surface area contributed by atoms with Gasteiger partial charge < -0.3 is 36.6 Å². The smallest absolute Gasteiger partial charge is 0.255 e. The molecule has 0 bridgehead atoms. The van der Waals surface area contributed by atoms with E-state index >= 15 is 4.39 Å². The van der Waals surface area contributed by atoms with Crippen LogP contribution in [0.3, 0.4) is 0 Å². The van der Waals surface area contributed by atoms with Gasteiger partial charge in [0.25, 0.3) is 5.91 Å². The Balaban J connectivity index is 1.53. The van der Waals surface area contributed by atoms with Crippen molar-refractivity contribution in [2.75, 3.05) is 25.0 Å². The number of hydrogen-bond acceptors (Lipinski definition) is 10. The van der Waals surface area contributed by atoms with Crippen molar-refractivity contribution >= 4 is 34.8 Å². The molecule has 0 spiro atoms. The average molecular weight is 531 g/mol. The molecule has 3 aliphatic carbocycles. The number of carbonyl (C=O) groups excluding carboxylic acids is 4. The standard InChI is InChI=1S/C25H26FN3O9/c26-13-6-14(28-16(32)8-29-2-1-11(30)7-29)20(33)18-12(13)4-9-3-10-5-15(31)19(24(27)37)23(36)25(10,38)22(35)17(9)21(18)34/h6,9-11,30,33-34,36,38H,1-5,7-8H2,(H2,27,37)(H,28,32)/t9?,10-,11-,25-/m0/s1. The molecule has 202 valence electrons. The Morgan fingerprint density at radius 2 is 1.92 bits per heavy atom. The number of anilines is 1. The summed E-state index contributed by atoms with van der Waals surface area (Å²) in [6.45, 7) is 0.621. The van der Waals surface area contributed by atoms with Crippen molar-refractivity contribution in [3.05, 3.63) is 39.9 Å². The van der Waals surface area contributed by atoms with E-state index in [2.05, 4.69) is 5.32 Å². The van der Waals surface area contributed by atoms with E-state index in [9.17, 15) is 44.7 Å². The number of nitrogens with zero attached hydrogens (tertiary/aromatic N) is 1. The number of benzene rings is 1. The summed E-state index contributed by atoms with van der Waals surface area (Å²) >= 11 is 0. The third-order valence-electron chi connectivity index (χ3n) is 7.90. The van der Waals surface area contributed by atoms with Gasteiger partial charge >= 0.3 is 0 Å². The minimum absolute atomic E-state index is 0.122. The number of carbonyl (C=O) groups is 4. The quantitative estimate of drug-likeness (QED) is 0.197. The lowest BCUT2D eigenvalue weighted by Gasteiger charge is -2.46. The fraction of sp³-hybridized carbons (Fsp3) is 0.440. The molecular weight excluding hydrogens is 505 g/mol. The number of primary amides is 1. The van der Waals surface area contributed by atoms with Crippen LogP contribution in [0.5, 0.6) is 5.75 Å². The van der Waals surface area contributed by atoms with Crippen LogP contribution in [0.2, 0.25) is 0 Å². The molecular formula is C25H26FN3O9. The Labute approximate surface area is 214 Å². The fourth-order valence-electron chi connectivity index (χ4n) is 6.09. The summed E-state index contributed by atoms with van der Waals surface area (Å²) < 4.78 is 15.2. The molecule has 1 saturated heterocycles. The maximum absolute atomic E-state index is 15.2. The number of phenols is 1. The minimum atomic E-state index is -2.73. The van der Waals surface area contributed by atoms with Gasteiger partial charge in [0.1, 0.15) is 22.9 Å². The number of fused-ring (bicyclic) bond motifs is 3. The van der Waals surface area contributed by atoms with Crippen molar-refractivity contribution in [3.8, 4) is 5.75 Å². The molecule has 0 aromatic heterocycles. The van der Waals surface area contributed by atoms with Gasteiger partial charge in [0.15, 0.2) is 17.1 Å². The minimum Gasteiger partial charge on any atom is -0.508 e. The van der Waals surface area contributed by atoms with Gasteiger partial charge in [0, 0.05) is 42.6 Å². The van der Waals surface area contributed by atoms with Gasteiger partial charge in [0.05, 0.1) is 23.9 Å². The molecule has 4 atom stereocenters. The lowest BCUT2D eigenvalue weighted by atomic mass is 9.59. The maximum Gasteiger partial charge on any atom is 0.255 e. The van der Waals surface area contributed by atoms with Crippen LogP contribution in [0.1, 0.15) is 30.4 Å². The zero-order chi connectivity index (χ0) is 27.7. The second kappa shape index (κ2) is 8.89. The van der Waals surface area contributed by atoms with Crippen molar-refractivity contribution < 1.29 is 49.1 Å². The van der Waals surface area contributed by atoms with E-state index in [1.54, 1.807) is 4.90 Å². The predicted octanol–water partition coefficient (Wildman–Crippen LogP) is -0.432. The molecule has 1 saturated carbocycles. The Bertz CT molecular complexity index is 1370. The Hall–Kier alpha value is -3.81. The van der Waals surface area contributed by atoms with Crippen LogP contribution in [0.25, 0.3) is 5.76 Å². The Morgan fingerprint density at radius 3 is 2.55 bits per heavy atom. The molecule has 13 heteroatoms. The zero-order valence-corrected chi connectivity index (χ0v) is 20.0. The number of rotatable bonds is 4. The third-order valence-corrected chi connectivity index (χ3v) is 7.90. The summed E-state index contributed by atoms with van der Waals surface area (Å²) in [5, 5.41) is 55.8. The number of aliphatic hydroxyl groups excluding tert-OH is 3. The van der Waals surface area contributed by atoms with Gasteiger partial charge in [0.2, 0.25) is 11.7 Å². The second-order valence-corrected chi connectivity index (χ2v) is 10.2. The molecule has 0 radical (unpaired) electrons. The van der Waals surface area contributed by atoms with Gasteiger partial charge in [-0.15, -0.1) is 0 Å². The highest BCUT2D eigenvalue weighted by atomic mass is 19.1. The van der Waals surface area contributed by atoms with Crippen LogP contribution in [0.4, 0.5) is 10.1 Å². The van der Waals surface area contributed by atoms with Crippen molar-refractivity contribution in [1.29, 1.82) is 0 Å². The summed E-state index contributed by atoms with van der Waals surface area (Å²) in [5.74, 6) is -9.66. The van der Waals surface area contributed by atoms with Crippen molar-refractivity contribution in [3.63, 3.8) is 0 Å². The Morgan fingerprint density at radius 1 is 1.21 bits per heavy atom. The average Bonchev–Trinajstić information content (AvgIpc) is 3.23. The second-order valence-electron chi connectivity index (χ2n) is 10.2. The monoisotopic (exact) mass is 531 g/mol. The number of aromatic hydroxyl groups is 1. The molecule has 1 heterocycles. The number of ketones is 2. The van der Waals surface area contributed by atoms with Crippen LogP contribution in [-0.2, 0) is 25.6 Å². The molecule has 1 aromatic carbocycles. The molecule has 12 nitrogen and oxygen atoms in total. The lowest BCUT2D eigenvalue weighted by molar-refractivity contribution is -0.147. The molecule has 2 fully saturated rings. The summed E-state index contributed by atoms with van der Waals surface area (Å²) in [6, 6.07) is 0.891. The molecule has 1 unspecified atom stereocenters. The molecule has 5 rings (SSSR count). The molecule has 1 aromatic rings. The molecule has 4 aliphatic rings. The fourth-order valence-corrected chi connectivity index (χ4v) is 6.09. The van der Waals surface area contributed by atoms with E-state index in [0.29, 0.717) is 13.0 Å². The predicted molar refractivity (Wildman–Crippen MR) is 127 cm³/mol. The van der Waals surface area contributed by atoms with Crippen LogP contribution in [0, 0.1) is 17.7 Å². The molecule has 38 heavy (non-hydrogen) atoms. The van der Waals surface area contributed by atoms with Crippen molar-refractivity contribution in [2.45, 2.75) is 37.4 Å². The normalized spacial score (nSPS) is 29.2. The highest BCUT2D eigenvalue weighted by Crippen LogP contribution is 2.53. The van der Waals surface area contributed by atoms with Crippen molar-refractivity contribution in [2.24, 2.45) is 17.6 Å². The molecule has 8 N–H and O–H groups in total. The number of likely N-dealkylation sites (tertiary alicyclic amines) is 1. The number of aliphatic hydroxyl groups is 4. The number of halogens is 1. The first-order chi connectivity index (χ1) is 17.8. The van der Waals surface area contributed by atoms with Gasteiger partial charge in [-0.2, -0.15) is 0 Å². The summed E-state index contributed by atoms with van der Waals surface area (Å²) in [7, 11) is 0. The number of amides is 2. The van der Waals surface area contributed by atoms with Crippen LogP contribution >= 0.6 is 0 Å². The molecule has 2 amide bonds. The van der Waals surface area contributed by atoms with E-state index in [0.717, 1.165) is 6.07 Å². The van der Waals surface area contributed by atoms with E-state index in [1.165, 1.54) is 0 Å². The number of nitrogens with one attached hydrogen (secondary N) is 1. The SMILES string of the molecule is NC(=O)C1=C(O)[C@@]2(O)C(=O)C3=C(O)c4c(O)c(NC(=O)CN5CC[C@H](O)C5)cc(F)c4CC3C[C@H]2CC1=O. The maximum atomic E-state index is 15.2. The van der Waals surface area contributed by atoms with Gasteiger partial charge in [-0.05, 0) is 25.2 Å². The first-order valence-corrected chi connectivity index (χ1v) is 12.1. The number of hydrogen-bond donors (Lipinski definition) is 7. The highest BCUT2D eigenvalue weighted by Gasteiger charge is 2.60. The highest BCUT2D eigenvalue weighted by molar-refractivity contribution is 6.22. The lowest BCUT2D eigenvalue weighted by Crippen LogP contribution is -2.58. The number of β-amino-alcohol motifs (C(OH)–C–C–N with tert-alkyl or cyclic N) is 1. The first kappa shape index (κ1) is 25.8. The van der Waals surface area contributed by atoms with Crippen LogP contribution in [-0.4, -0.2) is 85.2 Å². The van der Waals surface area contributed by atoms with E-state index in [1.807, 2.05) is 0 Å². The summed E-state index contributed by atoms with van der Waals surface area (Å²) in [5.41, 5.74) is 0.168. The number of phenolic OH excluding ortho intramolecular Hbond substituents is 1. The van der Waals surface area contributed by atoms with Crippen LogP contribution in [0.15, 0.2) is 23.0 Å². The third kappa shape index (κ3) is 3.77. The summed E-state index contributed by atoms with van der Waals surface area (Å²) in [4.78, 5) is 51.8. The van der Waals surface area contributed by atoms with Crippen molar-refractivity contribution in [1.82, 2.24) is 4.90 Å². The van der Waals surface area contributed by atoms with E-state index in [4.69, 9.17) is 5.73 Å². The first-order valence-electron chi connectivity index (χ1n) is 12.1. The van der Waals surface area contributed by atoms with Crippen LogP contribution < -0.4 is 11.1 Å². The Kier molecular flexibility index (Phi) is 6.04. The van der Waals surface area contributed by atoms with Gasteiger partial charge in [-0.25, -0.2) is 4.39 Å². The zero-order valence-electron chi connectivity index (χ0n) is 20.0. The topological polar surface area (TPSA) is 211 Å². The number of nitrogens with two attached hydrogens (primary N) is 1. The van der Waals surface area contributed by atoms with E-state index < -0.39 is 93.1 Å². The number of Topliss-reactive ketones (excluding diaryl/α,β-unsaturated/α-hetero) is 2. The largest absolute Gasteiger partial charge is 0.508 e. The summed E-state index contributed by atoms with van der Waals surface area (Å²) in [6.07, 6.45) is -0.853. The molecule has 1 aliphatic heterocycles. The van der Waals surface area contributed by atoms with E-state index in [-0.39, 0.29) is 37.2 Å². The van der Waals surface area contributed by atoms with Gasteiger partial charge in [-0.1, -0.05) is 0 Å². The van der Waals surface area contributed by atoms with Gasteiger partial charge in [-0.3, -0.25) is 24.1 Å².